The van der Waals surface area contributed by atoms with Crippen LogP contribution in [0.4, 0.5) is 0 Å². The number of hydrogen-bond acceptors (Lipinski definition) is 13. The van der Waals surface area contributed by atoms with E-state index in [1.807, 2.05) is 6.92 Å². The predicted octanol–water partition coefficient (Wildman–Crippen LogP) is 3.33. The van der Waals surface area contributed by atoms with E-state index in [-0.39, 0.29) is 54.0 Å². The van der Waals surface area contributed by atoms with E-state index in [9.17, 15) is 30.3 Å². The van der Waals surface area contributed by atoms with Crippen LogP contribution >= 0.6 is 0 Å². The van der Waals surface area contributed by atoms with E-state index in [2.05, 4.69) is 13.8 Å². The highest BCUT2D eigenvalue weighted by Gasteiger charge is 2.68. The van der Waals surface area contributed by atoms with Crippen molar-refractivity contribution in [3.63, 3.8) is 0 Å². The second-order valence-corrected chi connectivity index (χ2v) is 19.1. The summed E-state index contributed by atoms with van der Waals surface area (Å²) in [5.74, 6) is 1.72. The average molecular weight is 767 g/mol. The van der Waals surface area contributed by atoms with Crippen LogP contribution in [0.25, 0.3) is 0 Å². The Morgan fingerprint density at radius 1 is 0.648 bits per heavy atom. The van der Waals surface area contributed by atoms with Gasteiger partial charge >= 0.3 is 5.97 Å². The molecule has 0 aromatic rings. The van der Waals surface area contributed by atoms with Crippen molar-refractivity contribution < 1.29 is 63.5 Å². The molecule has 5 N–H and O–H groups in total. The lowest BCUT2D eigenvalue weighted by atomic mass is 9.43. The van der Waals surface area contributed by atoms with E-state index < -0.39 is 79.4 Å². The van der Waals surface area contributed by atoms with E-state index in [0.717, 1.165) is 57.8 Å². The number of carbonyl (C=O) groups is 1. The number of rotatable bonds is 7. The highest BCUT2D eigenvalue weighted by Crippen LogP contribution is 2.70. The second kappa shape index (κ2) is 15.0. The molecule has 0 spiro atoms. The summed E-state index contributed by atoms with van der Waals surface area (Å²) in [4.78, 5) is 12.0. The van der Waals surface area contributed by atoms with Gasteiger partial charge in [-0.05, 0) is 113 Å². The van der Waals surface area contributed by atoms with Gasteiger partial charge < -0.3 is 58.7 Å². The van der Waals surface area contributed by atoms with Crippen LogP contribution in [-0.2, 0) is 38.0 Å². The van der Waals surface area contributed by atoms with Crippen LogP contribution in [0.1, 0.15) is 118 Å². The van der Waals surface area contributed by atoms with Crippen LogP contribution in [-0.4, -0.2) is 124 Å². The van der Waals surface area contributed by atoms with Gasteiger partial charge in [0.05, 0.1) is 61.4 Å². The van der Waals surface area contributed by atoms with Gasteiger partial charge in [-0.3, -0.25) is 4.79 Å². The first kappa shape index (κ1) is 39.8. The van der Waals surface area contributed by atoms with E-state index in [1.165, 1.54) is 0 Å². The van der Waals surface area contributed by atoms with Crippen LogP contribution in [0.15, 0.2) is 0 Å². The van der Waals surface area contributed by atoms with Gasteiger partial charge in [0, 0.05) is 25.2 Å². The SMILES string of the molecule is C[C@H]1O[C@@H](O[C@H]2[C@@H](O)C[C@H](O[C@H]3[C@@H](O)C[C@H](O[C@H]4CC[C@@]5(C)[C@H](CC[C@@H]6[C@@H]5CC[C@]5(C)[C@@H]([C@H]7COC(=O)C7)CC[C@]65O)C4)O[C@@H]3C)O[C@@H]2C)C[C@H](O)[C@@H]1O. The molecule has 4 saturated carbocycles. The highest BCUT2D eigenvalue weighted by molar-refractivity contribution is 5.71. The first-order valence-corrected chi connectivity index (χ1v) is 21.1. The lowest BCUT2D eigenvalue weighted by Gasteiger charge is -2.64. The summed E-state index contributed by atoms with van der Waals surface area (Å²) in [6.45, 7) is 10.6. The number of cyclic esters (lactones) is 1. The fraction of sp³-hybridized carbons (Fsp3) is 0.976. The number of aliphatic hydroxyl groups is 5. The van der Waals surface area contributed by atoms with Crippen molar-refractivity contribution in [2.45, 2.75) is 204 Å². The summed E-state index contributed by atoms with van der Waals surface area (Å²) >= 11 is 0. The van der Waals surface area contributed by atoms with Gasteiger partial charge in [0.1, 0.15) is 18.3 Å². The molecule has 4 saturated heterocycles. The molecular weight excluding hydrogens is 700 g/mol. The molecule has 0 aromatic carbocycles. The Kier molecular flexibility index (Phi) is 11.1. The summed E-state index contributed by atoms with van der Waals surface area (Å²) in [6, 6.07) is 0. The monoisotopic (exact) mass is 766 g/mol. The lowest BCUT2D eigenvalue weighted by molar-refractivity contribution is -0.336. The van der Waals surface area contributed by atoms with Gasteiger partial charge in [-0.1, -0.05) is 13.8 Å². The molecule has 13 heteroatoms. The molecule has 0 unspecified atom stereocenters. The van der Waals surface area contributed by atoms with Crippen molar-refractivity contribution in [1.82, 2.24) is 0 Å². The van der Waals surface area contributed by atoms with Crippen LogP contribution in [0.3, 0.4) is 0 Å². The second-order valence-electron chi connectivity index (χ2n) is 19.1. The van der Waals surface area contributed by atoms with Crippen LogP contribution in [0.2, 0.25) is 0 Å². The van der Waals surface area contributed by atoms with Gasteiger partial charge in [0.25, 0.3) is 0 Å². The van der Waals surface area contributed by atoms with Crippen molar-refractivity contribution >= 4 is 5.97 Å². The van der Waals surface area contributed by atoms with Crippen molar-refractivity contribution in [2.24, 2.45) is 40.4 Å². The molecule has 8 rings (SSSR count). The van der Waals surface area contributed by atoms with E-state index in [1.54, 1.807) is 13.8 Å². The third kappa shape index (κ3) is 6.90. The maximum Gasteiger partial charge on any atom is 0.306 e. The zero-order chi connectivity index (χ0) is 38.3. The standard InChI is InChI=1S/C41H66O13/c1-20-36(46)29(42)16-34(49-20)53-38-22(3)51-35(18-31(38)44)54-37-21(2)50-33(17-30(37)43)52-25-8-11-39(4)24(15-25)6-7-28-27(39)9-12-40(5)26(10-13-41(28,40)47)23-14-32(45)48-19-23/h20-31,33-38,42-44,46-47H,6-19H2,1-5H3/t20-,21-,22-,23-,24-,25+,26-,27+,28-,29+,30+,31+,33+,34+,35+,36-,37-,38-,39+,40-,41+/m1/s1. The third-order valence-electron chi connectivity index (χ3n) is 16.3. The van der Waals surface area contributed by atoms with Crippen LogP contribution < -0.4 is 0 Å². The highest BCUT2D eigenvalue weighted by atomic mass is 16.7. The normalized spacial score (nSPS) is 56.4. The van der Waals surface area contributed by atoms with Gasteiger partial charge in [0.15, 0.2) is 18.9 Å². The summed E-state index contributed by atoms with van der Waals surface area (Å²) in [5, 5.41) is 55.0. The van der Waals surface area contributed by atoms with Gasteiger partial charge in [-0.2, -0.15) is 0 Å². The minimum absolute atomic E-state index is 0.0318. The number of ether oxygens (including phenoxy) is 7. The predicted molar refractivity (Wildman–Crippen MR) is 191 cm³/mol. The molecule has 0 bridgehead atoms. The Bertz CT molecular complexity index is 1320. The molecule has 0 amide bonds. The Labute approximate surface area is 319 Å². The molecule has 4 heterocycles. The van der Waals surface area contributed by atoms with Gasteiger partial charge in [-0.15, -0.1) is 0 Å². The smallest absolute Gasteiger partial charge is 0.306 e. The number of esters is 1. The Balaban J connectivity index is 0.823. The fourth-order valence-corrected chi connectivity index (χ4v) is 13.2. The van der Waals surface area contributed by atoms with Crippen molar-refractivity contribution in [3.8, 4) is 0 Å². The summed E-state index contributed by atoms with van der Waals surface area (Å²) < 4.78 is 42.3. The molecular formula is C41H66O13. The van der Waals surface area contributed by atoms with Gasteiger partial charge in [-0.25, -0.2) is 0 Å². The minimum atomic E-state index is -0.994. The Morgan fingerprint density at radius 2 is 1.24 bits per heavy atom. The molecule has 0 radical (unpaired) electrons. The van der Waals surface area contributed by atoms with Crippen molar-refractivity contribution in [2.75, 3.05) is 6.61 Å². The number of fused-ring (bicyclic) bond motifs is 5. The first-order valence-electron chi connectivity index (χ1n) is 21.1. The largest absolute Gasteiger partial charge is 0.465 e. The number of hydrogen-bond donors (Lipinski definition) is 5. The van der Waals surface area contributed by atoms with E-state index >= 15 is 0 Å². The third-order valence-corrected chi connectivity index (χ3v) is 16.3. The van der Waals surface area contributed by atoms with Crippen LogP contribution in [0.5, 0.6) is 0 Å². The molecule has 0 aromatic heterocycles. The van der Waals surface area contributed by atoms with Crippen LogP contribution in [0, 0.1) is 40.4 Å². The molecule has 21 atom stereocenters. The quantitative estimate of drug-likeness (QED) is 0.188. The zero-order valence-electron chi connectivity index (χ0n) is 32.8. The Hall–Kier alpha value is -0.970. The summed E-state index contributed by atoms with van der Waals surface area (Å²) in [7, 11) is 0. The minimum Gasteiger partial charge on any atom is -0.465 e. The van der Waals surface area contributed by atoms with Crippen molar-refractivity contribution in [3.05, 3.63) is 0 Å². The first-order chi connectivity index (χ1) is 25.6. The zero-order valence-corrected chi connectivity index (χ0v) is 32.8. The Morgan fingerprint density at radius 3 is 1.83 bits per heavy atom. The average Bonchev–Trinajstić information content (AvgIpc) is 3.66. The number of carbonyl (C=O) groups excluding carboxylic acids is 1. The fourth-order valence-electron chi connectivity index (χ4n) is 13.2. The molecule has 4 aliphatic heterocycles. The lowest BCUT2D eigenvalue weighted by Crippen LogP contribution is -2.62. The maximum absolute atomic E-state index is 12.6. The molecule has 54 heavy (non-hydrogen) atoms. The molecule has 308 valence electrons. The molecule has 8 fully saturated rings. The van der Waals surface area contributed by atoms with E-state index in [0.29, 0.717) is 30.8 Å². The molecule has 13 nitrogen and oxygen atoms in total. The maximum atomic E-state index is 12.6. The summed E-state index contributed by atoms with van der Waals surface area (Å²) in [6.07, 6.45) is 1.01. The molecule has 4 aliphatic carbocycles. The molecule has 8 aliphatic rings. The van der Waals surface area contributed by atoms with Gasteiger partial charge in [0.2, 0.25) is 0 Å². The van der Waals surface area contributed by atoms with E-state index in [4.69, 9.17) is 33.2 Å². The topological polar surface area (TPSA) is 183 Å². The summed E-state index contributed by atoms with van der Waals surface area (Å²) in [5.41, 5.74) is -0.728. The van der Waals surface area contributed by atoms with Crippen molar-refractivity contribution in [1.29, 1.82) is 0 Å². The number of aliphatic hydroxyl groups excluding tert-OH is 4.